The lowest BCUT2D eigenvalue weighted by Crippen LogP contribution is -2.54. The van der Waals surface area contributed by atoms with Crippen molar-refractivity contribution in [2.75, 3.05) is 27.2 Å². The van der Waals surface area contributed by atoms with E-state index < -0.39 is 11.6 Å². The third-order valence-corrected chi connectivity index (χ3v) is 10.0. The number of hydrogen-bond acceptors (Lipinski definition) is 6. The number of carbonyl (C=O) groups is 1. The van der Waals surface area contributed by atoms with Crippen molar-refractivity contribution in [2.45, 2.75) is 37.0 Å². The van der Waals surface area contributed by atoms with Crippen molar-refractivity contribution < 1.29 is 23.9 Å². The molecule has 186 valence electrons. The molecule has 0 radical (unpaired) electrons. The number of likely N-dealkylation sites (N-methyl/N-ethyl adjacent to an activating group) is 1. The van der Waals surface area contributed by atoms with Crippen molar-refractivity contribution in [1.29, 1.82) is 0 Å². The Balaban J connectivity index is 1.27. The molecule has 2 bridgehead atoms. The highest BCUT2D eigenvalue weighted by Crippen LogP contribution is 2.50. The van der Waals surface area contributed by atoms with Crippen molar-refractivity contribution in [3.8, 4) is 5.75 Å². The molecule has 5 nitrogen and oxygen atoms in total. The SMILES string of the molecule is C[N+](C)(CCOc1ccccc1Cl)[C@H]1CC2CCC1C2OC(=O)C(O)(c1cccs1)c1cccs1. The average Bonchev–Trinajstić information content (AvgIpc) is 3.65. The number of esters is 1. The van der Waals surface area contributed by atoms with Gasteiger partial charge in [-0.15, -0.1) is 22.7 Å². The number of aliphatic hydroxyl groups is 1. The molecule has 1 aromatic carbocycles. The number of thiophene rings is 2. The summed E-state index contributed by atoms with van der Waals surface area (Å²) in [5.74, 6) is 0.745. The van der Waals surface area contributed by atoms with Gasteiger partial charge in [0.25, 0.3) is 0 Å². The van der Waals surface area contributed by atoms with Crippen LogP contribution in [0.2, 0.25) is 5.02 Å². The molecule has 0 saturated heterocycles. The standard InChI is InChI=1S/C27H31ClNO4S2/c1-29(2,13-14-32-22-8-4-3-7-20(22)28)21-17-18-11-12-19(21)25(18)33-26(30)27(31,23-9-5-15-34-23)24-10-6-16-35-24/h3-10,15-16,18-19,21,25,31H,11-14,17H2,1-2H3/q+1/t18?,19?,21-,25?/m0/s1. The van der Waals surface area contributed by atoms with Gasteiger partial charge in [-0.05, 0) is 47.9 Å². The molecule has 2 aromatic heterocycles. The van der Waals surface area contributed by atoms with Gasteiger partial charge in [0.2, 0.25) is 5.60 Å². The predicted octanol–water partition coefficient (Wildman–Crippen LogP) is 5.56. The minimum absolute atomic E-state index is 0.166. The molecule has 3 aromatic rings. The summed E-state index contributed by atoms with van der Waals surface area (Å²) >= 11 is 8.98. The van der Waals surface area contributed by atoms with Crippen molar-refractivity contribution in [3.63, 3.8) is 0 Å². The molecule has 5 rings (SSSR count). The molecule has 2 fully saturated rings. The number of nitrogens with zero attached hydrogens (tertiary/aromatic N) is 1. The van der Waals surface area contributed by atoms with E-state index in [9.17, 15) is 9.90 Å². The Kier molecular flexibility index (Phi) is 6.98. The van der Waals surface area contributed by atoms with Gasteiger partial charge in [-0.1, -0.05) is 35.9 Å². The van der Waals surface area contributed by atoms with Gasteiger partial charge >= 0.3 is 5.97 Å². The van der Waals surface area contributed by atoms with Crippen LogP contribution in [0.1, 0.15) is 29.0 Å². The summed E-state index contributed by atoms with van der Waals surface area (Å²) in [5, 5.41) is 16.0. The van der Waals surface area contributed by atoms with Crippen LogP contribution in [-0.4, -0.2) is 55.0 Å². The zero-order chi connectivity index (χ0) is 24.6. The Morgan fingerprint density at radius 2 is 1.77 bits per heavy atom. The Morgan fingerprint density at radius 1 is 1.09 bits per heavy atom. The zero-order valence-corrected chi connectivity index (χ0v) is 22.3. The first-order chi connectivity index (χ1) is 16.8. The topological polar surface area (TPSA) is 55.8 Å². The molecule has 0 aliphatic heterocycles. The number of halogens is 1. The zero-order valence-electron chi connectivity index (χ0n) is 19.9. The first-order valence-corrected chi connectivity index (χ1v) is 14.2. The van der Waals surface area contributed by atoms with Gasteiger partial charge < -0.3 is 19.1 Å². The molecule has 0 spiro atoms. The Labute approximate surface area is 219 Å². The Bertz CT molecular complexity index is 1110. The molecule has 2 saturated carbocycles. The van der Waals surface area contributed by atoms with Crippen LogP contribution in [0.3, 0.4) is 0 Å². The normalized spacial score (nSPS) is 24.0. The van der Waals surface area contributed by atoms with Crippen LogP contribution in [0.4, 0.5) is 0 Å². The predicted molar refractivity (Wildman–Crippen MR) is 140 cm³/mol. The molecule has 35 heavy (non-hydrogen) atoms. The average molecular weight is 533 g/mol. The van der Waals surface area contributed by atoms with Crippen LogP contribution in [0, 0.1) is 11.8 Å². The first kappa shape index (κ1) is 24.8. The maximum absolute atomic E-state index is 13.6. The van der Waals surface area contributed by atoms with E-state index in [0.29, 0.717) is 39.1 Å². The van der Waals surface area contributed by atoms with Crippen LogP contribution < -0.4 is 4.74 Å². The van der Waals surface area contributed by atoms with Crippen molar-refractivity contribution in [1.82, 2.24) is 0 Å². The lowest BCUT2D eigenvalue weighted by molar-refractivity contribution is -0.918. The Morgan fingerprint density at radius 3 is 2.40 bits per heavy atom. The molecule has 1 N–H and O–H groups in total. The minimum Gasteiger partial charge on any atom is -0.486 e. The summed E-state index contributed by atoms with van der Waals surface area (Å²) in [4.78, 5) is 14.8. The lowest BCUT2D eigenvalue weighted by Gasteiger charge is -2.40. The van der Waals surface area contributed by atoms with Gasteiger partial charge in [0.15, 0.2) is 0 Å². The lowest BCUT2D eigenvalue weighted by atomic mass is 9.93. The summed E-state index contributed by atoms with van der Waals surface area (Å²) in [6.45, 7) is 1.39. The molecule has 3 unspecified atom stereocenters. The van der Waals surface area contributed by atoms with E-state index in [2.05, 4.69) is 14.1 Å². The van der Waals surface area contributed by atoms with Crippen LogP contribution in [0.25, 0.3) is 0 Å². The fraction of sp³-hybridized carbons (Fsp3) is 0.444. The third kappa shape index (κ3) is 4.65. The largest absolute Gasteiger partial charge is 0.486 e. The summed E-state index contributed by atoms with van der Waals surface area (Å²) in [6.07, 6.45) is 2.95. The van der Waals surface area contributed by atoms with E-state index in [4.69, 9.17) is 21.1 Å². The molecule has 2 heterocycles. The second-order valence-corrected chi connectivity index (χ2v) is 12.4. The van der Waals surface area contributed by atoms with Gasteiger partial charge in [0.05, 0.1) is 34.9 Å². The van der Waals surface area contributed by atoms with E-state index in [-0.39, 0.29) is 12.0 Å². The van der Waals surface area contributed by atoms with Gasteiger partial charge in [-0.2, -0.15) is 0 Å². The van der Waals surface area contributed by atoms with Crippen LogP contribution in [0.15, 0.2) is 59.3 Å². The molecule has 4 atom stereocenters. The highest BCUT2D eigenvalue weighted by Gasteiger charge is 2.57. The van der Waals surface area contributed by atoms with Crippen LogP contribution in [-0.2, 0) is 15.1 Å². The Hall–Kier alpha value is -1.90. The van der Waals surface area contributed by atoms with Gasteiger partial charge in [-0.3, -0.25) is 0 Å². The fourth-order valence-electron chi connectivity index (χ4n) is 5.84. The molecule has 2 aliphatic rings. The maximum atomic E-state index is 13.6. The molecular weight excluding hydrogens is 502 g/mol. The van der Waals surface area contributed by atoms with E-state index in [1.54, 1.807) is 12.1 Å². The monoisotopic (exact) mass is 532 g/mol. The minimum atomic E-state index is -1.76. The number of quaternary nitrogens is 1. The molecule has 2 aliphatic carbocycles. The molecular formula is C27H31ClNO4S2+. The van der Waals surface area contributed by atoms with Crippen molar-refractivity contribution >= 4 is 40.2 Å². The third-order valence-electron chi connectivity index (χ3n) is 7.75. The number of carbonyl (C=O) groups excluding carboxylic acids is 1. The fourth-order valence-corrected chi connectivity index (χ4v) is 7.74. The number of benzene rings is 1. The summed E-state index contributed by atoms with van der Waals surface area (Å²) in [7, 11) is 4.46. The van der Waals surface area contributed by atoms with Gasteiger partial charge in [-0.25, -0.2) is 4.79 Å². The summed E-state index contributed by atoms with van der Waals surface area (Å²) in [5.41, 5.74) is -1.76. The summed E-state index contributed by atoms with van der Waals surface area (Å²) < 4.78 is 13.0. The number of ether oxygens (including phenoxy) is 2. The first-order valence-electron chi connectivity index (χ1n) is 12.0. The second kappa shape index (κ2) is 9.87. The van der Waals surface area contributed by atoms with Gasteiger partial charge in [0.1, 0.15) is 25.0 Å². The van der Waals surface area contributed by atoms with E-state index in [1.807, 2.05) is 47.2 Å². The van der Waals surface area contributed by atoms with Crippen molar-refractivity contribution in [2.24, 2.45) is 11.8 Å². The van der Waals surface area contributed by atoms with Crippen LogP contribution >= 0.6 is 34.3 Å². The maximum Gasteiger partial charge on any atom is 0.349 e. The number of rotatable bonds is 9. The smallest absolute Gasteiger partial charge is 0.349 e. The summed E-state index contributed by atoms with van der Waals surface area (Å²) in [6, 6.07) is 15.2. The van der Waals surface area contributed by atoms with Gasteiger partial charge in [0, 0.05) is 18.3 Å². The number of hydrogen-bond donors (Lipinski definition) is 1. The second-order valence-electron chi connectivity index (χ2n) is 10.1. The van der Waals surface area contributed by atoms with Crippen molar-refractivity contribution in [3.05, 3.63) is 74.1 Å². The highest BCUT2D eigenvalue weighted by molar-refractivity contribution is 7.12. The molecule has 0 amide bonds. The van der Waals surface area contributed by atoms with E-state index in [1.165, 1.54) is 22.7 Å². The number of para-hydroxylation sites is 1. The quantitative estimate of drug-likeness (QED) is 0.289. The molecule has 8 heteroatoms. The van der Waals surface area contributed by atoms with Crippen LogP contribution in [0.5, 0.6) is 5.75 Å². The highest BCUT2D eigenvalue weighted by atomic mass is 35.5. The number of fused-ring (bicyclic) bond motifs is 2. The van der Waals surface area contributed by atoms with E-state index in [0.717, 1.165) is 30.3 Å². The van der Waals surface area contributed by atoms with E-state index >= 15 is 0 Å².